The summed E-state index contributed by atoms with van der Waals surface area (Å²) < 4.78 is 1.40. The fourth-order valence-electron chi connectivity index (χ4n) is 1.39. The Morgan fingerprint density at radius 1 is 1.17 bits per heavy atom. The summed E-state index contributed by atoms with van der Waals surface area (Å²) in [5, 5.41) is 7.22. The zero-order valence-corrected chi connectivity index (χ0v) is 12.4. The van der Waals surface area contributed by atoms with Gasteiger partial charge in [0, 0.05) is 0 Å². The van der Waals surface area contributed by atoms with Crippen LogP contribution in [0.25, 0.3) is 0 Å². The average Bonchev–Trinajstić information content (AvgIpc) is 2.91. The maximum atomic E-state index is 12.0. The number of hydrogen-bond donors (Lipinski definition) is 1. The number of nitrogens with zero attached hydrogens (tertiary/aromatic N) is 3. The lowest BCUT2D eigenvalue weighted by Gasteiger charge is -2.16. The summed E-state index contributed by atoms with van der Waals surface area (Å²) in [5.74, 6) is -0.180. The molecule has 2 rings (SSSR count). The molecule has 0 radical (unpaired) electrons. The number of benzene rings is 1. The standard InChI is InChI=1S/C11H10Br2N4O/c12-9(8-4-2-1-3-5-8)10(13)11(18)16-17-6-14-15-7-17/h1-7,9-10H,(H,16,18)/t9-,10-/m0/s1. The van der Waals surface area contributed by atoms with Gasteiger partial charge < -0.3 is 0 Å². The van der Waals surface area contributed by atoms with E-state index >= 15 is 0 Å². The highest BCUT2D eigenvalue weighted by Gasteiger charge is 2.25. The van der Waals surface area contributed by atoms with Gasteiger partial charge in [-0.15, -0.1) is 10.2 Å². The molecule has 0 unspecified atom stereocenters. The Morgan fingerprint density at radius 3 is 2.39 bits per heavy atom. The minimum Gasteiger partial charge on any atom is -0.272 e. The van der Waals surface area contributed by atoms with Crippen molar-refractivity contribution in [2.24, 2.45) is 0 Å². The molecule has 2 aromatic rings. The topological polar surface area (TPSA) is 59.8 Å². The predicted octanol–water partition coefficient (Wildman–Crippen LogP) is 2.25. The molecule has 0 saturated carbocycles. The fourth-order valence-corrected chi connectivity index (χ4v) is 2.34. The second-order valence-corrected chi connectivity index (χ2v) is 5.53. The van der Waals surface area contributed by atoms with Gasteiger partial charge in [-0.3, -0.25) is 10.2 Å². The molecule has 7 heteroatoms. The molecule has 1 N–H and O–H groups in total. The van der Waals surface area contributed by atoms with Crippen LogP contribution >= 0.6 is 31.9 Å². The number of carbonyl (C=O) groups is 1. The van der Waals surface area contributed by atoms with Gasteiger partial charge in [-0.2, -0.15) is 0 Å². The van der Waals surface area contributed by atoms with Crippen molar-refractivity contribution < 1.29 is 4.79 Å². The number of nitrogens with one attached hydrogen (secondary N) is 1. The quantitative estimate of drug-likeness (QED) is 0.836. The third-order valence-corrected chi connectivity index (χ3v) is 4.99. The van der Waals surface area contributed by atoms with Crippen LogP contribution < -0.4 is 5.43 Å². The number of rotatable bonds is 4. The highest BCUT2D eigenvalue weighted by molar-refractivity contribution is 9.12. The molecule has 0 bridgehead atoms. The molecule has 0 aliphatic rings. The minimum absolute atomic E-state index is 0.116. The molecule has 1 aromatic heterocycles. The molecule has 0 fully saturated rings. The van der Waals surface area contributed by atoms with Crippen molar-refractivity contribution in [2.75, 3.05) is 5.43 Å². The first kappa shape index (κ1) is 13.2. The van der Waals surface area contributed by atoms with E-state index in [2.05, 4.69) is 47.5 Å². The maximum Gasteiger partial charge on any atom is 0.254 e. The van der Waals surface area contributed by atoms with Gasteiger partial charge >= 0.3 is 0 Å². The SMILES string of the molecule is O=C(Nn1cnnc1)[C@@H](Br)[C@@H](Br)c1ccccc1. The summed E-state index contributed by atoms with van der Waals surface area (Å²) >= 11 is 6.89. The van der Waals surface area contributed by atoms with Crippen molar-refractivity contribution in [1.82, 2.24) is 14.9 Å². The van der Waals surface area contributed by atoms with Gasteiger partial charge in [0.05, 0.1) is 4.83 Å². The third kappa shape index (κ3) is 3.17. The summed E-state index contributed by atoms with van der Waals surface area (Å²) in [6.07, 6.45) is 2.84. The molecule has 1 amide bonds. The van der Waals surface area contributed by atoms with Crippen LogP contribution in [0.4, 0.5) is 0 Å². The number of carbonyl (C=O) groups excluding carboxylic acids is 1. The van der Waals surface area contributed by atoms with E-state index in [1.54, 1.807) is 0 Å². The molecule has 94 valence electrons. The summed E-state index contributed by atoms with van der Waals surface area (Å²) in [7, 11) is 0. The second kappa shape index (κ2) is 6.10. The maximum absolute atomic E-state index is 12.0. The van der Waals surface area contributed by atoms with Crippen molar-refractivity contribution in [1.29, 1.82) is 0 Å². The van der Waals surface area contributed by atoms with Gasteiger partial charge in [-0.05, 0) is 5.56 Å². The van der Waals surface area contributed by atoms with E-state index in [-0.39, 0.29) is 10.7 Å². The van der Waals surface area contributed by atoms with E-state index in [9.17, 15) is 4.79 Å². The van der Waals surface area contributed by atoms with Crippen LogP contribution in [-0.2, 0) is 4.79 Å². The lowest BCUT2D eigenvalue weighted by Crippen LogP contribution is -2.31. The number of alkyl halides is 2. The summed E-state index contributed by atoms with van der Waals surface area (Å²) in [4.78, 5) is 11.4. The number of halogens is 2. The normalized spacial score (nSPS) is 13.9. The Balaban J connectivity index is 2.02. The Labute approximate surface area is 121 Å². The molecular weight excluding hydrogens is 364 g/mol. The minimum atomic E-state index is -0.401. The Bertz CT molecular complexity index is 503. The van der Waals surface area contributed by atoms with Crippen LogP contribution in [0.2, 0.25) is 0 Å². The van der Waals surface area contributed by atoms with E-state index in [0.29, 0.717) is 0 Å². The van der Waals surface area contributed by atoms with E-state index < -0.39 is 4.83 Å². The third-order valence-electron chi connectivity index (χ3n) is 2.28. The molecule has 18 heavy (non-hydrogen) atoms. The van der Waals surface area contributed by atoms with Crippen LogP contribution in [-0.4, -0.2) is 25.6 Å². The van der Waals surface area contributed by atoms with Gasteiger partial charge in [0.2, 0.25) is 0 Å². The molecule has 2 atom stereocenters. The van der Waals surface area contributed by atoms with Gasteiger partial charge in [-0.1, -0.05) is 62.2 Å². The highest BCUT2D eigenvalue weighted by Crippen LogP contribution is 2.31. The van der Waals surface area contributed by atoms with Crippen LogP contribution in [0.15, 0.2) is 43.0 Å². The van der Waals surface area contributed by atoms with E-state index in [0.717, 1.165) is 5.56 Å². The van der Waals surface area contributed by atoms with Crippen molar-refractivity contribution in [3.8, 4) is 0 Å². The molecule has 0 saturated heterocycles. The largest absolute Gasteiger partial charge is 0.272 e. The van der Waals surface area contributed by atoms with Crippen molar-refractivity contribution in [3.63, 3.8) is 0 Å². The van der Waals surface area contributed by atoms with E-state index in [1.807, 2.05) is 30.3 Å². The lowest BCUT2D eigenvalue weighted by molar-refractivity contribution is -0.116. The van der Waals surface area contributed by atoms with Crippen molar-refractivity contribution >= 4 is 37.8 Å². The van der Waals surface area contributed by atoms with E-state index in [4.69, 9.17) is 0 Å². The van der Waals surface area contributed by atoms with Gasteiger partial charge in [0.15, 0.2) is 0 Å². The second-order valence-electron chi connectivity index (χ2n) is 3.56. The zero-order valence-electron chi connectivity index (χ0n) is 9.20. The molecule has 1 heterocycles. The molecular formula is C11H10Br2N4O. The van der Waals surface area contributed by atoms with Gasteiger partial charge in [-0.25, -0.2) is 4.68 Å². The number of amides is 1. The monoisotopic (exact) mass is 372 g/mol. The lowest BCUT2D eigenvalue weighted by atomic mass is 10.1. The van der Waals surface area contributed by atoms with Crippen LogP contribution in [0.3, 0.4) is 0 Å². The summed E-state index contributed by atoms with van der Waals surface area (Å²) in [6.45, 7) is 0. The molecule has 0 aliphatic heterocycles. The number of aromatic nitrogens is 3. The van der Waals surface area contributed by atoms with Gasteiger partial charge in [0.25, 0.3) is 5.91 Å². The molecule has 5 nitrogen and oxygen atoms in total. The molecule has 0 aliphatic carbocycles. The van der Waals surface area contributed by atoms with Crippen LogP contribution in [0, 0.1) is 0 Å². The Morgan fingerprint density at radius 2 is 1.78 bits per heavy atom. The summed E-state index contributed by atoms with van der Waals surface area (Å²) in [6, 6.07) is 9.71. The predicted molar refractivity (Wildman–Crippen MR) is 75.2 cm³/mol. The van der Waals surface area contributed by atoms with Crippen LogP contribution in [0.1, 0.15) is 10.4 Å². The summed E-state index contributed by atoms with van der Waals surface area (Å²) in [5.41, 5.74) is 3.67. The highest BCUT2D eigenvalue weighted by atomic mass is 79.9. The smallest absolute Gasteiger partial charge is 0.254 e. The van der Waals surface area contributed by atoms with Crippen molar-refractivity contribution in [3.05, 3.63) is 48.5 Å². The van der Waals surface area contributed by atoms with Crippen molar-refractivity contribution in [2.45, 2.75) is 9.65 Å². The molecule has 1 aromatic carbocycles. The van der Waals surface area contributed by atoms with Crippen LogP contribution in [0.5, 0.6) is 0 Å². The number of hydrogen-bond acceptors (Lipinski definition) is 3. The Kier molecular flexibility index (Phi) is 4.48. The first-order valence-corrected chi connectivity index (χ1v) is 7.00. The van der Waals surface area contributed by atoms with Gasteiger partial charge in [0.1, 0.15) is 17.5 Å². The molecule has 0 spiro atoms. The van der Waals surface area contributed by atoms with E-state index in [1.165, 1.54) is 17.3 Å². The average molecular weight is 374 g/mol. The first-order valence-electron chi connectivity index (χ1n) is 5.17. The Hall–Kier alpha value is -1.21. The first-order chi connectivity index (χ1) is 8.68. The zero-order chi connectivity index (χ0) is 13.0. The fraction of sp³-hybridized carbons (Fsp3) is 0.182.